The van der Waals surface area contributed by atoms with Crippen LogP contribution in [0.3, 0.4) is 0 Å². The molecule has 1 aliphatic heterocycles. The summed E-state index contributed by atoms with van der Waals surface area (Å²) >= 11 is 5.96. The molecule has 22 heavy (non-hydrogen) atoms. The summed E-state index contributed by atoms with van der Waals surface area (Å²) in [5.41, 5.74) is 1.24. The number of oxazole rings is 1. The van der Waals surface area contributed by atoms with E-state index in [1.165, 1.54) is 0 Å². The van der Waals surface area contributed by atoms with Crippen LogP contribution in [-0.4, -0.2) is 29.5 Å². The number of nitrogens with zero attached hydrogens (tertiary/aromatic N) is 2. The van der Waals surface area contributed by atoms with Crippen molar-refractivity contribution in [1.29, 1.82) is 0 Å². The van der Waals surface area contributed by atoms with Gasteiger partial charge in [0.05, 0.1) is 5.92 Å². The highest BCUT2D eigenvalue weighted by molar-refractivity contribution is 6.31. The monoisotopic (exact) mass is 321 g/mol. The van der Waals surface area contributed by atoms with Gasteiger partial charge in [0.1, 0.15) is 5.52 Å². The summed E-state index contributed by atoms with van der Waals surface area (Å²) in [5.74, 6) is 0.0620. The molecule has 1 aliphatic rings. The van der Waals surface area contributed by atoms with Crippen LogP contribution in [0.2, 0.25) is 5.02 Å². The maximum atomic E-state index is 12.2. The second kappa shape index (κ2) is 5.47. The third kappa shape index (κ3) is 3.19. The first-order chi connectivity index (χ1) is 10.3. The summed E-state index contributed by atoms with van der Waals surface area (Å²) in [6.45, 7) is 7.36. The minimum Gasteiger partial charge on any atom is -0.423 e. The molecule has 3 rings (SSSR count). The third-order valence-electron chi connectivity index (χ3n) is 3.67. The van der Waals surface area contributed by atoms with Crippen molar-refractivity contribution >= 4 is 34.6 Å². The van der Waals surface area contributed by atoms with Gasteiger partial charge in [0, 0.05) is 29.7 Å². The number of nitrogens with one attached hydrogen (secondary N) is 1. The Morgan fingerprint density at radius 1 is 1.45 bits per heavy atom. The zero-order valence-electron chi connectivity index (χ0n) is 13.0. The molecule has 118 valence electrons. The van der Waals surface area contributed by atoms with Crippen molar-refractivity contribution in [3.05, 3.63) is 23.2 Å². The Morgan fingerprint density at radius 2 is 2.23 bits per heavy atom. The number of benzene rings is 1. The lowest BCUT2D eigenvalue weighted by atomic mass is 10.0. The number of halogens is 1. The van der Waals surface area contributed by atoms with E-state index < -0.39 is 0 Å². The number of carbonyl (C=O) groups excluding carboxylic acids is 1. The molecule has 0 saturated carbocycles. The topological polar surface area (TPSA) is 58.4 Å². The maximum absolute atomic E-state index is 12.2. The number of anilines is 1. The number of hydrogen-bond acceptors (Lipinski definition) is 4. The quantitative estimate of drug-likeness (QED) is 0.922. The minimum atomic E-state index is -0.209. The van der Waals surface area contributed by atoms with E-state index in [0.717, 1.165) is 18.5 Å². The van der Waals surface area contributed by atoms with E-state index in [1.807, 2.05) is 31.7 Å². The average molecular weight is 322 g/mol. The van der Waals surface area contributed by atoms with Crippen LogP contribution in [0.5, 0.6) is 0 Å². The van der Waals surface area contributed by atoms with Crippen LogP contribution < -0.4 is 10.2 Å². The molecule has 0 spiro atoms. The van der Waals surface area contributed by atoms with Gasteiger partial charge < -0.3 is 14.6 Å². The molecule has 1 N–H and O–H groups in total. The standard InChI is InChI=1S/C16H20ClN3O2/c1-16(2,3)19-14(21)10-6-7-20(9-10)15-18-12-5-4-11(17)8-13(12)22-15/h4-5,8,10H,6-7,9H2,1-3H3,(H,19,21). The maximum Gasteiger partial charge on any atom is 0.298 e. The Labute approximate surface area is 134 Å². The summed E-state index contributed by atoms with van der Waals surface area (Å²) in [7, 11) is 0. The zero-order chi connectivity index (χ0) is 15.9. The van der Waals surface area contributed by atoms with Gasteiger partial charge in [-0.3, -0.25) is 4.79 Å². The molecule has 2 aromatic rings. The first kappa shape index (κ1) is 15.2. The van der Waals surface area contributed by atoms with Gasteiger partial charge in [-0.2, -0.15) is 4.98 Å². The first-order valence-electron chi connectivity index (χ1n) is 7.45. The first-order valence-corrected chi connectivity index (χ1v) is 7.83. The molecule has 2 heterocycles. The van der Waals surface area contributed by atoms with Gasteiger partial charge in [-0.1, -0.05) is 11.6 Å². The number of amides is 1. The molecule has 1 aromatic carbocycles. The van der Waals surface area contributed by atoms with Gasteiger partial charge in [0.25, 0.3) is 6.01 Å². The average Bonchev–Trinajstić information content (AvgIpc) is 3.02. The molecule has 6 heteroatoms. The fraction of sp³-hybridized carbons (Fsp3) is 0.500. The van der Waals surface area contributed by atoms with Gasteiger partial charge in [0.15, 0.2) is 5.58 Å². The number of hydrogen-bond donors (Lipinski definition) is 1. The highest BCUT2D eigenvalue weighted by Gasteiger charge is 2.32. The summed E-state index contributed by atoms with van der Waals surface area (Å²) in [5, 5.41) is 3.66. The second-order valence-corrected chi connectivity index (χ2v) is 7.22. The van der Waals surface area contributed by atoms with Crippen molar-refractivity contribution in [3.8, 4) is 0 Å². The Kier molecular flexibility index (Phi) is 3.77. The number of fused-ring (bicyclic) bond motifs is 1. The second-order valence-electron chi connectivity index (χ2n) is 6.78. The summed E-state index contributed by atoms with van der Waals surface area (Å²) in [6, 6.07) is 5.95. The van der Waals surface area contributed by atoms with Gasteiger partial charge in [-0.25, -0.2) is 0 Å². The van der Waals surface area contributed by atoms with Crippen LogP contribution in [-0.2, 0) is 4.79 Å². The fourth-order valence-electron chi connectivity index (χ4n) is 2.64. The highest BCUT2D eigenvalue weighted by atomic mass is 35.5. The Hall–Kier alpha value is -1.75. The largest absolute Gasteiger partial charge is 0.423 e. The molecule has 1 amide bonds. The minimum absolute atomic E-state index is 0.0298. The normalized spacial score (nSPS) is 18.9. The lowest BCUT2D eigenvalue weighted by Gasteiger charge is -2.23. The molecule has 1 atom stereocenters. The summed E-state index contributed by atoms with van der Waals surface area (Å²) in [6.07, 6.45) is 0.807. The van der Waals surface area contributed by atoms with Crippen molar-refractivity contribution in [2.24, 2.45) is 5.92 Å². The van der Waals surface area contributed by atoms with Crippen LogP contribution in [0, 0.1) is 5.92 Å². The summed E-state index contributed by atoms with van der Waals surface area (Å²) in [4.78, 5) is 18.7. The van der Waals surface area contributed by atoms with Crippen molar-refractivity contribution in [3.63, 3.8) is 0 Å². The third-order valence-corrected chi connectivity index (χ3v) is 3.90. The van der Waals surface area contributed by atoms with E-state index in [-0.39, 0.29) is 17.4 Å². The fourth-order valence-corrected chi connectivity index (χ4v) is 2.80. The van der Waals surface area contributed by atoms with Crippen molar-refractivity contribution in [1.82, 2.24) is 10.3 Å². The smallest absolute Gasteiger partial charge is 0.298 e. The van der Waals surface area contributed by atoms with E-state index in [0.29, 0.717) is 23.2 Å². The Morgan fingerprint density at radius 3 is 2.95 bits per heavy atom. The van der Waals surface area contributed by atoms with Crippen molar-refractivity contribution in [2.45, 2.75) is 32.7 Å². The molecule has 1 aromatic heterocycles. The van der Waals surface area contributed by atoms with Crippen molar-refractivity contribution in [2.75, 3.05) is 18.0 Å². The van der Waals surface area contributed by atoms with Gasteiger partial charge in [-0.15, -0.1) is 0 Å². The van der Waals surface area contributed by atoms with Crippen molar-refractivity contribution < 1.29 is 9.21 Å². The van der Waals surface area contributed by atoms with E-state index in [4.69, 9.17) is 16.0 Å². The Balaban J connectivity index is 1.72. The number of aromatic nitrogens is 1. The van der Waals surface area contributed by atoms with E-state index in [9.17, 15) is 4.79 Å². The lowest BCUT2D eigenvalue weighted by molar-refractivity contribution is -0.125. The molecule has 0 radical (unpaired) electrons. The number of carbonyl (C=O) groups is 1. The predicted molar refractivity (Wildman–Crippen MR) is 87.2 cm³/mol. The molecule has 1 saturated heterocycles. The van der Waals surface area contributed by atoms with E-state index in [1.54, 1.807) is 12.1 Å². The van der Waals surface area contributed by atoms with Crippen LogP contribution in [0.25, 0.3) is 11.1 Å². The number of rotatable bonds is 2. The summed E-state index contributed by atoms with van der Waals surface area (Å²) < 4.78 is 5.76. The van der Waals surface area contributed by atoms with Gasteiger partial charge in [-0.05, 0) is 39.3 Å². The molecule has 1 unspecified atom stereocenters. The zero-order valence-corrected chi connectivity index (χ0v) is 13.8. The van der Waals surface area contributed by atoms with Gasteiger partial charge in [0.2, 0.25) is 5.91 Å². The van der Waals surface area contributed by atoms with E-state index in [2.05, 4.69) is 10.3 Å². The van der Waals surface area contributed by atoms with Crippen LogP contribution >= 0.6 is 11.6 Å². The van der Waals surface area contributed by atoms with Crippen LogP contribution in [0.4, 0.5) is 6.01 Å². The molecular formula is C16H20ClN3O2. The molecule has 0 bridgehead atoms. The highest BCUT2D eigenvalue weighted by Crippen LogP contribution is 2.28. The lowest BCUT2D eigenvalue weighted by Crippen LogP contribution is -2.44. The molecule has 5 nitrogen and oxygen atoms in total. The predicted octanol–water partition coefficient (Wildman–Crippen LogP) is 3.22. The Bertz CT molecular complexity index is 705. The van der Waals surface area contributed by atoms with Crippen LogP contribution in [0.15, 0.2) is 22.6 Å². The molecular weight excluding hydrogens is 302 g/mol. The SMILES string of the molecule is CC(C)(C)NC(=O)C1CCN(c2nc3ccc(Cl)cc3o2)C1. The van der Waals surface area contributed by atoms with Crippen LogP contribution in [0.1, 0.15) is 27.2 Å². The molecule has 1 fully saturated rings. The van der Waals surface area contributed by atoms with Gasteiger partial charge >= 0.3 is 0 Å². The molecule has 0 aliphatic carbocycles. The van der Waals surface area contributed by atoms with E-state index >= 15 is 0 Å².